The summed E-state index contributed by atoms with van der Waals surface area (Å²) in [6, 6.07) is 6.33. The Morgan fingerprint density at radius 1 is 1.35 bits per heavy atom. The lowest BCUT2D eigenvalue weighted by atomic mass is 10.1. The zero-order valence-electron chi connectivity index (χ0n) is 10.3. The molecule has 0 radical (unpaired) electrons. The van der Waals surface area contributed by atoms with Gasteiger partial charge >= 0.3 is 5.97 Å². The van der Waals surface area contributed by atoms with Crippen LogP contribution in [0.4, 0.5) is 4.39 Å². The Bertz CT molecular complexity index is 784. The Labute approximate surface area is 113 Å². The third-order valence-electron chi connectivity index (χ3n) is 2.94. The number of fused-ring (bicyclic) bond motifs is 1. The van der Waals surface area contributed by atoms with Crippen LogP contribution in [0.2, 0.25) is 0 Å². The molecule has 5 nitrogen and oxygen atoms in total. The summed E-state index contributed by atoms with van der Waals surface area (Å²) in [4.78, 5) is 19.4. The minimum atomic E-state index is -0.999. The fraction of sp³-hybridized carbons (Fsp3) is 0.0714. The summed E-state index contributed by atoms with van der Waals surface area (Å²) in [6.45, 7) is 0. The number of pyridine rings is 2. The Kier molecular flexibility index (Phi) is 2.90. The van der Waals surface area contributed by atoms with Gasteiger partial charge in [-0.15, -0.1) is 0 Å². The van der Waals surface area contributed by atoms with Crippen molar-refractivity contribution < 1.29 is 14.3 Å². The summed E-state index contributed by atoms with van der Waals surface area (Å²) in [5.74, 6) is -1.44. The van der Waals surface area contributed by atoms with Gasteiger partial charge in [-0.1, -0.05) is 0 Å². The molecule has 0 aliphatic rings. The van der Waals surface area contributed by atoms with Gasteiger partial charge in [0.2, 0.25) is 0 Å². The summed E-state index contributed by atoms with van der Waals surface area (Å²) in [7, 11) is 0. The number of carboxylic acids is 1. The molecule has 0 atom stereocenters. The van der Waals surface area contributed by atoms with Crippen LogP contribution in [-0.4, -0.2) is 25.4 Å². The smallest absolute Gasteiger partial charge is 0.309 e. The molecule has 20 heavy (non-hydrogen) atoms. The normalized spacial score (nSPS) is 10.8. The molecule has 3 heterocycles. The molecule has 0 spiro atoms. The lowest BCUT2D eigenvalue weighted by Gasteiger charge is -2.02. The van der Waals surface area contributed by atoms with Crippen LogP contribution in [0.1, 0.15) is 5.69 Å². The predicted octanol–water partition coefficient (Wildman–Crippen LogP) is 2.16. The maximum atomic E-state index is 13.4. The quantitative estimate of drug-likeness (QED) is 0.792. The average Bonchev–Trinajstić information content (AvgIpc) is 2.77. The van der Waals surface area contributed by atoms with Crippen molar-refractivity contribution in [3.63, 3.8) is 0 Å². The SMILES string of the molecule is O=C(O)Cc1c(-c2cccnc2)nc2ccc(F)cn12. The lowest BCUT2D eigenvalue weighted by Crippen LogP contribution is -2.05. The topological polar surface area (TPSA) is 67.5 Å². The maximum absolute atomic E-state index is 13.4. The first-order valence-corrected chi connectivity index (χ1v) is 5.94. The number of carboxylic acid groups (broad SMARTS) is 1. The molecule has 0 aliphatic heterocycles. The Balaban J connectivity index is 2.28. The van der Waals surface area contributed by atoms with Crippen molar-refractivity contribution in [2.45, 2.75) is 6.42 Å². The maximum Gasteiger partial charge on any atom is 0.309 e. The fourth-order valence-corrected chi connectivity index (χ4v) is 2.11. The molecule has 1 N–H and O–H groups in total. The number of aliphatic carboxylic acids is 1. The molecule has 6 heteroatoms. The molecule has 0 aliphatic carbocycles. The van der Waals surface area contributed by atoms with Crippen molar-refractivity contribution >= 4 is 11.6 Å². The van der Waals surface area contributed by atoms with Gasteiger partial charge < -0.3 is 5.11 Å². The zero-order chi connectivity index (χ0) is 14.1. The van der Waals surface area contributed by atoms with Gasteiger partial charge in [-0.25, -0.2) is 9.37 Å². The highest BCUT2D eigenvalue weighted by molar-refractivity contribution is 5.75. The third-order valence-corrected chi connectivity index (χ3v) is 2.94. The molecule has 100 valence electrons. The highest BCUT2D eigenvalue weighted by Gasteiger charge is 2.17. The van der Waals surface area contributed by atoms with Gasteiger partial charge in [-0.05, 0) is 24.3 Å². The van der Waals surface area contributed by atoms with Crippen LogP contribution < -0.4 is 0 Å². The molecule has 3 aromatic rings. The van der Waals surface area contributed by atoms with E-state index in [0.29, 0.717) is 22.6 Å². The molecule has 0 saturated carbocycles. The van der Waals surface area contributed by atoms with E-state index in [-0.39, 0.29) is 6.42 Å². The van der Waals surface area contributed by atoms with Crippen LogP contribution in [0, 0.1) is 5.82 Å². The minimum Gasteiger partial charge on any atom is -0.481 e. The average molecular weight is 271 g/mol. The summed E-state index contributed by atoms with van der Waals surface area (Å²) in [5, 5.41) is 9.03. The van der Waals surface area contributed by atoms with E-state index in [1.54, 1.807) is 24.5 Å². The lowest BCUT2D eigenvalue weighted by molar-refractivity contribution is -0.136. The number of imidazole rings is 1. The molecular formula is C14H10FN3O2. The monoisotopic (exact) mass is 271 g/mol. The number of hydrogen-bond acceptors (Lipinski definition) is 3. The summed E-state index contributed by atoms with van der Waals surface area (Å²) in [5.41, 5.74) is 2.14. The van der Waals surface area contributed by atoms with Crippen LogP contribution in [0.5, 0.6) is 0 Å². The van der Waals surface area contributed by atoms with E-state index in [2.05, 4.69) is 9.97 Å². The summed E-state index contributed by atoms with van der Waals surface area (Å²) < 4.78 is 14.8. The first kappa shape index (κ1) is 12.3. The van der Waals surface area contributed by atoms with Crippen molar-refractivity contribution in [3.8, 4) is 11.3 Å². The van der Waals surface area contributed by atoms with Crippen molar-refractivity contribution in [1.29, 1.82) is 0 Å². The van der Waals surface area contributed by atoms with E-state index in [1.807, 2.05) is 0 Å². The molecular weight excluding hydrogens is 261 g/mol. The molecule has 3 rings (SSSR count). The number of nitrogens with zero attached hydrogens (tertiary/aromatic N) is 3. The van der Waals surface area contributed by atoms with Gasteiger partial charge in [0.15, 0.2) is 0 Å². The van der Waals surface area contributed by atoms with Gasteiger partial charge in [-0.2, -0.15) is 0 Å². The van der Waals surface area contributed by atoms with Crippen molar-refractivity contribution in [2.24, 2.45) is 0 Å². The van der Waals surface area contributed by atoms with Gasteiger partial charge in [0, 0.05) is 24.2 Å². The second-order valence-corrected chi connectivity index (χ2v) is 4.29. The van der Waals surface area contributed by atoms with E-state index in [0.717, 1.165) is 0 Å². The Morgan fingerprint density at radius 2 is 2.20 bits per heavy atom. The number of aromatic nitrogens is 3. The third kappa shape index (κ3) is 2.11. The van der Waals surface area contributed by atoms with E-state index in [9.17, 15) is 9.18 Å². The second kappa shape index (κ2) is 4.73. The summed E-state index contributed by atoms with van der Waals surface area (Å²) in [6.07, 6.45) is 4.22. The second-order valence-electron chi connectivity index (χ2n) is 4.29. The number of hydrogen-bond donors (Lipinski definition) is 1. The highest BCUT2D eigenvalue weighted by atomic mass is 19.1. The van der Waals surface area contributed by atoms with Crippen LogP contribution in [0.15, 0.2) is 42.9 Å². The first-order chi connectivity index (χ1) is 9.65. The molecule has 0 aromatic carbocycles. The first-order valence-electron chi connectivity index (χ1n) is 5.94. The van der Waals surface area contributed by atoms with Crippen molar-refractivity contribution in [1.82, 2.24) is 14.4 Å². The van der Waals surface area contributed by atoms with Gasteiger partial charge in [0.25, 0.3) is 0 Å². The van der Waals surface area contributed by atoms with Crippen LogP contribution in [-0.2, 0) is 11.2 Å². The molecule has 0 fully saturated rings. The number of rotatable bonds is 3. The minimum absolute atomic E-state index is 0.241. The molecule has 0 unspecified atom stereocenters. The van der Waals surface area contributed by atoms with Crippen molar-refractivity contribution in [2.75, 3.05) is 0 Å². The fourth-order valence-electron chi connectivity index (χ4n) is 2.11. The Hall–Kier alpha value is -2.76. The van der Waals surface area contributed by atoms with E-state index in [4.69, 9.17) is 5.11 Å². The largest absolute Gasteiger partial charge is 0.481 e. The van der Waals surface area contributed by atoms with Crippen molar-refractivity contribution in [3.05, 3.63) is 54.4 Å². The van der Waals surface area contributed by atoms with Gasteiger partial charge in [0.1, 0.15) is 11.5 Å². The Morgan fingerprint density at radius 3 is 2.90 bits per heavy atom. The van der Waals surface area contributed by atoms with Gasteiger partial charge in [0.05, 0.1) is 17.8 Å². The van der Waals surface area contributed by atoms with E-state index < -0.39 is 11.8 Å². The van der Waals surface area contributed by atoms with Gasteiger partial charge in [-0.3, -0.25) is 14.2 Å². The van der Waals surface area contributed by atoms with Crippen LogP contribution in [0.25, 0.3) is 16.9 Å². The molecule has 3 aromatic heterocycles. The number of carbonyl (C=O) groups is 1. The summed E-state index contributed by atoms with van der Waals surface area (Å²) >= 11 is 0. The highest BCUT2D eigenvalue weighted by Crippen LogP contribution is 2.24. The predicted molar refractivity (Wildman–Crippen MR) is 69.7 cm³/mol. The van der Waals surface area contributed by atoms with Crippen LogP contribution >= 0.6 is 0 Å². The van der Waals surface area contributed by atoms with Crippen LogP contribution in [0.3, 0.4) is 0 Å². The number of halogens is 1. The molecule has 0 saturated heterocycles. The molecule has 0 amide bonds. The standard InChI is InChI=1S/C14H10FN3O2/c15-10-3-4-12-17-14(9-2-1-5-16-7-9)11(6-13(19)20)18(12)8-10/h1-5,7-8H,6H2,(H,19,20). The molecule has 0 bridgehead atoms. The van der Waals surface area contributed by atoms with E-state index >= 15 is 0 Å². The van der Waals surface area contributed by atoms with E-state index in [1.165, 1.54) is 22.7 Å². The zero-order valence-corrected chi connectivity index (χ0v) is 10.3.